The lowest BCUT2D eigenvalue weighted by atomic mass is 9.99. The summed E-state index contributed by atoms with van der Waals surface area (Å²) in [5, 5.41) is 10.4. The Labute approximate surface area is 166 Å². The minimum atomic E-state index is -0.169. The molecule has 1 heterocycles. The largest absolute Gasteiger partial charge is 0.335 e. The number of benzene rings is 4. The monoisotopic (exact) mass is 378 g/mol. The zero-order valence-corrected chi connectivity index (χ0v) is 15.6. The number of nitrogens with one attached hydrogen (secondary N) is 2. The maximum absolute atomic E-state index is 12.1. The van der Waals surface area contributed by atoms with Crippen molar-refractivity contribution in [1.82, 2.24) is 15.3 Å². The molecule has 2 amide bonds. The van der Waals surface area contributed by atoms with E-state index in [1.54, 1.807) is 0 Å². The smallest absolute Gasteiger partial charge is 0.319 e. The molecule has 0 spiro atoms. The highest BCUT2D eigenvalue weighted by Crippen LogP contribution is 2.34. The van der Waals surface area contributed by atoms with Gasteiger partial charge in [0.15, 0.2) is 0 Å². The summed E-state index contributed by atoms with van der Waals surface area (Å²) in [6.07, 6.45) is 2.12. The number of nitrogens with zero attached hydrogens (tertiary/aromatic N) is 2. The number of carbonyl (C=O) groups is 1. The normalized spacial score (nSPS) is 13.9. The van der Waals surface area contributed by atoms with Crippen LogP contribution in [0, 0.1) is 0 Å². The number of rotatable bonds is 2. The van der Waals surface area contributed by atoms with E-state index in [9.17, 15) is 4.79 Å². The van der Waals surface area contributed by atoms with Crippen molar-refractivity contribution in [2.24, 2.45) is 0 Å². The van der Waals surface area contributed by atoms with E-state index in [2.05, 4.69) is 47.0 Å². The van der Waals surface area contributed by atoms with E-state index in [1.165, 1.54) is 10.8 Å². The van der Waals surface area contributed by atoms with Crippen LogP contribution >= 0.6 is 0 Å². The van der Waals surface area contributed by atoms with Crippen molar-refractivity contribution in [3.8, 4) is 0 Å². The van der Waals surface area contributed by atoms with E-state index in [-0.39, 0.29) is 6.03 Å². The Hall–Kier alpha value is -3.73. The van der Waals surface area contributed by atoms with Crippen LogP contribution in [-0.4, -0.2) is 22.0 Å². The molecule has 0 bridgehead atoms. The molecule has 1 aliphatic rings. The van der Waals surface area contributed by atoms with Gasteiger partial charge in [0.2, 0.25) is 0 Å². The summed E-state index contributed by atoms with van der Waals surface area (Å²) < 4.78 is 0. The van der Waals surface area contributed by atoms with Gasteiger partial charge in [-0.25, -0.2) is 14.8 Å². The highest BCUT2D eigenvalue weighted by molar-refractivity contribution is 6.23. The zero-order chi connectivity index (χ0) is 19.4. The Morgan fingerprint density at radius 2 is 1.34 bits per heavy atom. The quantitative estimate of drug-likeness (QED) is 0.320. The van der Waals surface area contributed by atoms with Crippen molar-refractivity contribution < 1.29 is 4.79 Å². The molecule has 1 aliphatic carbocycles. The molecule has 1 fully saturated rings. The van der Waals surface area contributed by atoms with Crippen LogP contribution in [0.15, 0.2) is 66.7 Å². The van der Waals surface area contributed by atoms with Crippen LogP contribution in [0.3, 0.4) is 0 Å². The fourth-order valence-corrected chi connectivity index (χ4v) is 3.94. The molecule has 1 saturated carbocycles. The zero-order valence-electron chi connectivity index (χ0n) is 15.6. The lowest BCUT2D eigenvalue weighted by Crippen LogP contribution is -2.30. The molecule has 2 N–H and O–H groups in total. The number of aromatic nitrogens is 2. The second-order valence-corrected chi connectivity index (χ2v) is 7.59. The average molecular weight is 378 g/mol. The van der Waals surface area contributed by atoms with E-state index in [0.717, 1.165) is 51.4 Å². The number of fused-ring (bicyclic) bond motifs is 7. The first kappa shape index (κ1) is 16.2. The average Bonchev–Trinajstić information content (AvgIpc) is 3.56. The third-order valence-electron chi connectivity index (χ3n) is 5.49. The summed E-state index contributed by atoms with van der Waals surface area (Å²) in [6.45, 7) is 0. The number of anilines is 1. The van der Waals surface area contributed by atoms with Gasteiger partial charge in [-0.1, -0.05) is 48.5 Å². The summed E-state index contributed by atoms with van der Waals surface area (Å²) >= 11 is 0. The molecular weight excluding hydrogens is 360 g/mol. The van der Waals surface area contributed by atoms with Gasteiger partial charge < -0.3 is 10.6 Å². The molecule has 5 nitrogen and oxygen atoms in total. The van der Waals surface area contributed by atoms with Crippen LogP contribution < -0.4 is 10.6 Å². The molecule has 6 rings (SSSR count). The predicted molar refractivity (Wildman–Crippen MR) is 117 cm³/mol. The highest BCUT2D eigenvalue weighted by atomic mass is 16.2. The standard InChI is InChI=1S/C24H18N4O/c29-24(25-14-9-10-14)26-15-11-12-20-21(13-15)28-23-19-8-4-2-6-17(19)16-5-1-3-7-18(16)22(23)27-20/h1-8,11-14H,9-10H2,(H2,25,26,29). The number of hydrogen-bond acceptors (Lipinski definition) is 3. The highest BCUT2D eigenvalue weighted by Gasteiger charge is 2.23. The summed E-state index contributed by atoms with van der Waals surface area (Å²) in [6, 6.07) is 22.5. The molecule has 4 aromatic carbocycles. The van der Waals surface area contributed by atoms with Gasteiger partial charge in [-0.15, -0.1) is 0 Å². The number of carbonyl (C=O) groups excluding carboxylic acids is 1. The van der Waals surface area contributed by atoms with Crippen LogP contribution in [0.1, 0.15) is 12.8 Å². The molecule has 0 aliphatic heterocycles. The Morgan fingerprint density at radius 1 is 0.759 bits per heavy atom. The van der Waals surface area contributed by atoms with Crippen molar-refractivity contribution in [3.63, 3.8) is 0 Å². The van der Waals surface area contributed by atoms with Crippen molar-refractivity contribution in [2.75, 3.05) is 5.32 Å². The molecule has 0 unspecified atom stereocenters. The molecule has 29 heavy (non-hydrogen) atoms. The summed E-state index contributed by atoms with van der Waals surface area (Å²) in [5.41, 5.74) is 4.08. The van der Waals surface area contributed by atoms with Gasteiger partial charge in [-0.2, -0.15) is 0 Å². The fourth-order valence-electron chi connectivity index (χ4n) is 3.94. The van der Waals surface area contributed by atoms with Gasteiger partial charge in [-0.05, 0) is 41.8 Å². The van der Waals surface area contributed by atoms with Crippen LogP contribution in [0.2, 0.25) is 0 Å². The van der Waals surface area contributed by atoms with Gasteiger partial charge >= 0.3 is 6.03 Å². The first-order valence-corrected chi connectivity index (χ1v) is 9.85. The minimum Gasteiger partial charge on any atom is -0.335 e. The third-order valence-corrected chi connectivity index (χ3v) is 5.49. The molecule has 5 aromatic rings. The van der Waals surface area contributed by atoms with Crippen LogP contribution in [-0.2, 0) is 0 Å². The predicted octanol–water partition coefficient (Wildman–Crippen LogP) is 5.37. The lowest BCUT2D eigenvalue weighted by Gasteiger charge is -2.11. The van der Waals surface area contributed by atoms with Gasteiger partial charge in [-0.3, -0.25) is 0 Å². The molecule has 0 saturated heterocycles. The minimum absolute atomic E-state index is 0.169. The third kappa shape index (κ3) is 2.74. The fraction of sp³-hybridized carbons (Fsp3) is 0.125. The maximum Gasteiger partial charge on any atom is 0.319 e. The Balaban J connectivity index is 1.57. The second-order valence-electron chi connectivity index (χ2n) is 7.59. The molecule has 140 valence electrons. The van der Waals surface area contributed by atoms with Crippen molar-refractivity contribution in [3.05, 3.63) is 66.7 Å². The molecule has 1 aromatic heterocycles. The van der Waals surface area contributed by atoms with Crippen LogP contribution in [0.25, 0.3) is 43.6 Å². The van der Waals surface area contributed by atoms with E-state index < -0.39 is 0 Å². The topological polar surface area (TPSA) is 66.9 Å². The Kier molecular flexibility index (Phi) is 3.44. The van der Waals surface area contributed by atoms with Crippen molar-refractivity contribution in [2.45, 2.75) is 18.9 Å². The second kappa shape index (κ2) is 6.14. The van der Waals surface area contributed by atoms with Gasteiger partial charge in [0.05, 0.1) is 22.1 Å². The summed E-state index contributed by atoms with van der Waals surface area (Å²) in [7, 11) is 0. The first-order valence-electron chi connectivity index (χ1n) is 9.85. The van der Waals surface area contributed by atoms with E-state index in [1.807, 2.05) is 30.3 Å². The maximum atomic E-state index is 12.1. The van der Waals surface area contributed by atoms with Crippen LogP contribution in [0.4, 0.5) is 10.5 Å². The Morgan fingerprint density at radius 3 is 1.97 bits per heavy atom. The molecule has 0 atom stereocenters. The van der Waals surface area contributed by atoms with E-state index >= 15 is 0 Å². The summed E-state index contributed by atoms with van der Waals surface area (Å²) in [4.78, 5) is 22.0. The number of hydrogen-bond donors (Lipinski definition) is 2. The SMILES string of the molecule is O=C(Nc1ccc2nc3c4ccccc4c4ccccc4c3nc2c1)NC1CC1. The molecule has 0 radical (unpaired) electrons. The van der Waals surface area contributed by atoms with Crippen LogP contribution in [0.5, 0.6) is 0 Å². The molecule has 5 heteroatoms. The Bertz CT molecular complexity index is 1440. The van der Waals surface area contributed by atoms with Gasteiger partial charge in [0.25, 0.3) is 0 Å². The first-order chi connectivity index (χ1) is 14.3. The van der Waals surface area contributed by atoms with Gasteiger partial charge in [0, 0.05) is 22.5 Å². The van der Waals surface area contributed by atoms with Gasteiger partial charge in [0.1, 0.15) is 0 Å². The van der Waals surface area contributed by atoms with E-state index in [4.69, 9.17) is 9.97 Å². The van der Waals surface area contributed by atoms with Crippen molar-refractivity contribution in [1.29, 1.82) is 0 Å². The van der Waals surface area contributed by atoms with Crippen molar-refractivity contribution >= 4 is 55.3 Å². The van der Waals surface area contributed by atoms with E-state index in [0.29, 0.717) is 6.04 Å². The lowest BCUT2D eigenvalue weighted by molar-refractivity contribution is 0.251. The molecular formula is C24H18N4O. The number of urea groups is 1. The number of amides is 2. The summed E-state index contributed by atoms with van der Waals surface area (Å²) in [5.74, 6) is 0.